The standard InChI is InChI=1S/C28H26F3NO/c1-27(2)13-22(19-5-3-4-6-25(19)28(29,30)31)21-9-16(7-8-24(21)27)15-33-26-12-18-10-17-11-20(17)23(18)14-32-26/h3-9,12,14,17,20,22H,10-11,13,15H2,1-2H3. The molecular formula is C28H26F3NO. The van der Waals surface area contributed by atoms with Crippen molar-refractivity contribution in [2.75, 3.05) is 0 Å². The second kappa shape index (κ2) is 7.09. The number of benzene rings is 2. The molecule has 6 rings (SSSR count). The number of hydrogen-bond acceptors (Lipinski definition) is 2. The molecule has 1 fully saturated rings. The summed E-state index contributed by atoms with van der Waals surface area (Å²) in [6.07, 6.45) is 0.641. The van der Waals surface area contributed by atoms with Crippen molar-refractivity contribution in [1.82, 2.24) is 4.98 Å². The molecule has 1 saturated carbocycles. The van der Waals surface area contributed by atoms with E-state index in [4.69, 9.17) is 4.74 Å². The predicted octanol–water partition coefficient (Wildman–Crippen LogP) is 7.15. The summed E-state index contributed by atoms with van der Waals surface area (Å²) < 4.78 is 47.3. The zero-order chi connectivity index (χ0) is 23.0. The molecule has 2 nitrogen and oxygen atoms in total. The summed E-state index contributed by atoms with van der Waals surface area (Å²) in [6.45, 7) is 4.56. The molecule has 2 aromatic carbocycles. The SMILES string of the molecule is CC1(C)CC(c2ccccc2C(F)(F)F)c2cc(COc3cc4c(cn3)C3CC3C4)ccc21. The molecule has 0 N–H and O–H groups in total. The van der Waals surface area contributed by atoms with E-state index in [2.05, 4.69) is 31.0 Å². The quantitative estimate of drug-likeness (QED) is 0.422. The van der Waals surface area contributed by atoms with E-state index in [1.54, 1.807) is 12.1 Å². The molecule has 0 radical (unpaired) electrons. The third kappa shape index (κ3) is 3.53. The summed E-state index contributed by atoms with van der Waals surface area (Å²) >= 11 is 0. The summed E-state index contributed by atoms with van der Waals surface area (Å²) in [4.78, 5) is 4.49. The maximum Gasteiger partial charge on any atom is 0.416 e. The largest absolute Gasteiger partial charge is 0.473 e. The molecule has 1 heterocycles. The Labute approximate surface area is 191 Å². The molecule has 0 aliphatic heterocycles. The average Bonchev–Trinajstić information content (AvgIpc) is 3.37. The first-order valence-corrected chi connectivity index (χ1v) is 11.6. The number of aromatic nitrogens is 1. The van der Waals surface area contributed by atoms with E-state index in [0.29, 0.717) is 30.4 Å². The molecule has 0 bridgehead atoms. The summed E-state index contributed by atoms with van der Waals surface area (Å²) in [5.74, 6) is 1.83. The maximum atomic E-state index is 13.8. The van der Waals surface area contributed by atoms with Gasteiger partial charge in [-0.1, -0.05) is 50.2 Å². The van der Waals surface area contributed by atoms with E-state index >= 15 is 0 Å². The fourth-order valence-corrected chi connectivity index (χ4v) is 6.04. The minimum absolute atomic E-state index is 0.194. The lowest BCUT2D eigenvalue weighted by Crippen LogP contribution is -2.14. The highest BCUT2D eigenvalue weighted by molar-refractivity contribution is 5.51. The van der Waals surface area contributed by atoms with Crippen molar-refractivity contribution in [3.05, 3.63) is 93.7 Å². The van der Waals surface area contributed by atoms with Gasteiger partial charge in [-0.3, -0.25) is 0 Å². The molecule has 3 aliphatic carbocycles. The summed E-state index contributed by atoms with van der Waals surface area (Å²) in [7, 11) is 0. The average molecular weight is 450 g/mol. The lowest BCUT2D eigenvalue weighted by atomic mass is 9.84. The molecule has 3 aliphatic rings. The first kappa shape index (κ1) is 20.8. The van der Waals surface area contributed by atoms with E-state index in [1.807, 2.05) is 18.3 Å². The predicted molar refractivity (Wildman–Crippen MR) is 120 cm³/mol. The van der Waals surface area contributed by atoms with Crippen molar-refractivity contribution in [1.29, 1.82) is 0 Å². The highest BCUT2D eigenvalue weighted by Crippen LogP contribution is 2.56. The first-order valence-electron chi connectivity index (χ1n) is 11.6. The van der Waals surface area contributed by atoms with Gasteiger partial charge in [-0.25, -0.2) is 4.98 Å². The van der Waals surface area contributed by atoms with Gasteiger partial charge in [0, 0.05) is 18.2 Å². The van der Waals surface area contributed by atoms with E-state index in [0.717, 1.165) is 29.0 Å². The van der Waals surface area contributed by atoms with Gasteiger partial charge < -0.3 is 4.74 Å². The first-order chi connectivity index (χ1) is 15.7. The Morgan fingerprint density at radius 2 is 1.85 bits per heavy atom. The third-order valence-corrected chi connectivity index (χ3v) is 7.77. The molecule has 5 heteroatoms. The van der Waals surface area contributed by atoms with Crippen LogP contribution in [-0.2, 0) is 24.6 Å². The number of fused-ring (bicyclic) bond motifs is 4. The van der Waals surface area contributed by atoms with Crippen molar-refractivity contribution >= 4 is 0 Å². The highest BCUT2D eigenvalue weighted by Gasteiger charge is 2.45. The fourth-order valence-electron chi connectivity index (χ4n) is 6.04. The van der Waals surface area contributed by atoms with Crippen LogP contribution in [0.5, 0.6) is 5.88 Å². The minimum Gasteiger partial charge on any atom is -0.473 e. The van der Waals surface area contributed by atoms with Gasteiger partial charge in [-0.2, -0.15) is 13.2 Å². The van der Waals surface area contributed by atoms with Crippen LogP contribution < -0.4 is 4.74 Å². The Kier molecular flexibility index (Phi) is 4.46. The summed E-state index contributed by atoms with van der Waals surface area (Å²) in [5.41, 5.74) is 5.38. The van der Waals surface area contributed by atoms with Crippen LogP contribution in [0.15, 0.2) is 54.7 Å². The molecule has 3 unspecified atom stereocenters. The Hall–Kier alpha value is -2.82. The van der Waals surface area contributed by atoms with Crippen molar-refractivity contribution in [3.63, 3.8) is 0 Å². The number of pyridine rings is 1. The lowest BCUT2D eigenvalue weighted by Gasteiger charge is -2.21. The molecular weight excluding hydrogens is 423 g/mol. The Morgan fingerprint density at radius 3 is 2.67 bits per heavy atom. The normalized spacial score (nSPS) is 24.2. The topological polar surface area (TPSA) is 22.1 Å². The molecule has 3 atom stereocenters. The second-order valence-electron chi connectivity index (χ2n) is 10.5. The maximum absolute atomic E-state index is 13.8. The molecule has 170 valence electrons. The van der Waals surface area contributed by atoms with Gasteiger partial charge >= 0.3 is 6.18 Å². The van der Waals surface area contributed by atoms with Crippen LogP contribution in [0.1, 0.15) is 77.5 Å². The minimum atomic E-state index is -4.37. The van der Waals surface area contributed by atoms with Crippen LogP contribution in [0, 0.1) is 5.92 Å². The highest BCUT2D eigenvalue weighted by atomic mass is 19.4. The van der Waals surface area contributed by atoms with Gasteiger partial charge in [0.25, 0.3) is 0 Å². The van der Waals surface area contributed by atoms with Gasteiger partial charge in [0.1, 0.15) is 6.61 Å². The molecule has 0 saturated heterocycles. The smallest absolute Gasteiger partial charge is 0.416 e. The third-order valence-electron chi connectivity index (χ3n) is 7.77. The molecule has 0 amide bonds. The zero-order valence-corrected chi connectivity index (χ0v) is 18.7. The number of ether oxygens (including phenoxy) is 1. The van der Waals surface area contributed by atoms with Gasteiger partial charge in [0.2, 0.25) is 5.88 Å². The van der Waals surface area contributed by atoms with Crippen LogP contribution in [-0.4, -0.2) is 4.98 Å². The lowest BCUT2D eigenvalue weighted by molar-refractivity contribution is -0.138. The fraction of sp³-hybridized carbons (Fsp3) is 0.393. The number of alkyl halides is 3. The Morgan fingerprint density at radius 1 is 1.03 bits per heavy atom. The van der Waals surface area contributed by atoms with E-state index in [-0.39, 0.29) is 11.3 Å². The van der Waals surface area contributed by atoms with Gasteiger partial charge in [0.05, 0.1) is 5.56 Å². The Balaban J connectivity index is 1.29. The molecule has 3 aromatic rings. The number of halogens is 3. The molecule has 0 spiro atoms. The van der Waals surface area contributed by atoms with Crippen molar-refractivity contribution in [3.8, 4) is 5.88 Å². The van der Waals surface area contributed by atoms with Crippen LogP contribution in [0.2, 0.25) is 0 Å². The monoisotopic (exact) mass is 449 g/mol. The number of hydrogen-bond donors (Lipinski definition) is 0. The van der Waals surface area contributed by atoms with E-state index in [9.17, 15) is 13.2 Å². The number of rotatable bonds is 4. The van der Waals surface area contributed by atoms with E-state index < -0.39 is 11.7 Å². The van der Waals surface area contributed by atoms with Crippen LogP contribution in [0.3, 0.4) is 0 Å². The second-order valence-corrected chi connectivity index (χ2v) is 10.5. The van der Waals surface area contributed by atoms with Crippen molar-refractivity contribution in [2.24, 2.45) is 5.92 Å². The van der Waals surface area contributed by atoms with Crippen molar-refractivity contribution in [2.45, 2.75) is 63.1 Å². The zero-order valence-electron chi connectivity index (χ0n) is 18.7. The van der Waals surface area contributed by atoms with Gasteiger partial charge in [-0.15, -0.1) is 0 Å². The molecule has 1 aromatic heterocycles. The van der Waals surface area contributed by atoms with E-state index in [1.165, 1.54) is 29.7 Å². The Bertz CT molecular complexity index is 1250. The summed E-state index contributed by atoms with van der Waals surface area (Å²) in [6, 6.07) is 14.2. The van der Waals surface area contributed by atoms with Gasteiger partial charge in [0.15, 0.2) is 0 Å². The van der Waals surface area contributed by atoms with Crippen LogP contribution >= 0.6 is 0 Å². The van der Waals surface area contributed by atoms with Crippen LogP contribution in [0.25, 0.3) is 0 Å². The van der Waals surface area contributed by atoms with Crippen molar-refractivity contribution < 1.29 is 17.9 Å². The number of nitrogens with zero attached hydrogens (tertiary/aromatic N) is 1. The van der Waals surface area contributed by atoms with Crippen LogP contribution in [0.4, 0.5) is 13.2 Å². The molecule has 33 heavy (non-hydrogen) atoms. The van der Waals surface area contributed by atoms with Gasteiger partial charge in [-0.05, 0) is 76.0 Å². The summed E-state index contributed by atoms with van der Waals surface area (Å²) in [5, 5.41) is 0.